The highest BCUT2D eigenvalue weighted by Gasteiger charge is 2.10. The Morgan fingerprint density at radius 2 is 1.62 bits per heavy atom. The highest BCUT2D eigenvalue weighted by molar-refractivity contribution is 5.80. The molecule has 0 amide bonds. The fourth-order valence-corrected chi connectivity index (χ4v) is 2.55. The molecule has 2 aromatic heterocycles. The quantitative estimate of drug-likeness (QED) is 0.800. The van der Waals surface area contributed by atoms with Gasteiger partial charge in [-0.05, 0) is 44.5 Å². The molecule has 4 nitrogen and oxygen atoms in total. The van der Waals surface area contributed by atoms with E-state index in [1.807, 2.05) is 44.2 Å². The van der Waals surface area contributed by atoms with Crippen molar-refractivity contribution in [2.75, 3.05) is 6.54 Å². The van der Waals surface area contributed by atoms with Gasteiger partial charge in [-0.1, -0.05) is 24.3 Å². The molecule has 0 radical (unpaired) electrons. The molecule has 0 atom stereocenters. The summed E-state index contributed by atoms with van der Waals surface area (Å²) in [7, 11) is 0. The molecule has 0 unspecified atom stereocenters. The number of fused-ring (bicyclic) bond motifs is 1. The van der Waals surface area contributed by atoms with Gasteiger partial charge in [-0.25, -0.2) is 15.0 Å². The van der Waals surface area contributed by atoms with Gasteiger partial charge in [0.25, 0.3) is 0 Å². The molecule has 0 aliphatic rings. The average Bonchev–Trinajstić information content (AvgIpc) is 2.50. The number of rotatable bonds is 3. The van der Waals surface area contributed by atoms with Gasteiger partial charge in [0.1, 0.15) is 5.69 Å². The molecular formula is C17H18N4. The largest absolute Gasteiger partial charge is 0.330 e. The van der Waals surface area contributed by atoms with Gasteiger partial charge in [-0.15, -0.1) is 0 Å². The van der Waals surface area contributed by atoms with E-state index in [9.17, 15) is 0 Å². The van der Waals surface area contributed by atoms with E-state index in [1.165, 1.54) is 0 Å². The molecule has 0 saturated heterocycles. The van der Waals surface area contributed by atoms with Gasteiger partial charge >= 0.3 is 0 Å². The van der Waals surface area contributed by atoms with Gasteiger partial charge in [-0.3, -0.25) is 0 Å². The fraction of sp³-hybridized carbons (Fsp3) is 0.235. The molecule has 4 heteroatoms. The molecule has 3 rings (SSSR count). The van der Waals surface area contributed by atoms with Crippen LogP contribution < -0.4 is 5.73 Å². The number of hydrogen-bond donors (Lipinski definition) is 1. The maximum atomic E-state index is 5.64. The molecule has 2 N–H and O–H groups in total. The van der Waals surface area contributed by atoms with Crippen LogP contribution in [-0.4, -0.2) is 21.5 Å². The topological polar surface area (TPSA) is 64.7 Å². The summed E-state index contributed by atoms with van der Waals surface area (Å²) in [6, 6.07) is 12.1. The van der Waals surface area contributed by atoms with Crippen LogP contribution in [0.15, 0.2) is 36.4 Å². The minimum Gasteiger partial charge on any atom is -0.330 e. The van der Waals surface area contributed by atoms with Gasteiger partial charge < -0.3 is 5.73 Å². The fourth-order valence-electron chi connectivity index (χ4n) is 2.55. The third-order valence-electron chi connectivity index (χ3n) is 3.64. The summed E-state index contributed by atoms with van der Waals surface area (Å²) in [6.45, 7) is 4.62. The van der Waals surface area contributed by atoms with Crippen molar-refractivity contribution in [3.05, 3.63) is 53.3 Å². The summed E-state index contributed by atoms with van der Waals surface area (Å²) in [5, 5.41) is 1.12. The van der Waals surface area contributed by atoms with Crippen LogP contribution in [0.2, 0.25) is 0 Å². The van der Waals surface area contributed by atoms with Crippen LogP contribution in [0, 0.1) is 13.8 Å². The molecule has 0 spiro atoms. The van der Waals surface area contributed by atoms with E-state index in [0.29, 0.717) is 12.4 Å². The smallest absolute Gasteiger partial charge is 0.178 e. The van der Waals surface area contributed by atoms with Crippen molar-refractivity contribution < 1.29 is 0 Å². The molecule has 1 aromatic carbocycles. The zero-order valence-electron chi connectivity index (χ0n) is 12.3. The summed E-state index contributed by atoms with van der Waals surface area (Å²) in [6.07, 6.45) is 0.809. The van der Waals surface area contributed by atoms with Crippen molar-refractivity contribution >= 4 is 10.9 Å². The first kappa shape index (κ1) is 13.6. The summed E-state index contributed by atoms with van der Waals surface area (Å²) in [5.41, 5.74) is 10.5. The van der Waals surface area contributed by atoms with Crippen LogP contribution >= 0.6 is 0 Å². The van der Waals surface area contributed by atoms with Crippen molar-refractivity contribution in [3.8, 4) is 11.5 Å². The molecule has 2 heterocycles. The van der Waals surface area contributed by atoms with E-state index >= 15 is 0 Å². The Hall–Kier alpha value is -2.33. The molecule has 0 aliphatic carbocycles. The third-order valence-corrected chi connectivity index (χ3v) is 3.64. The molecule has 21 heavy (non-hydrogen) atoms. The van der Waals surface area contributed by atoms with Crippen LogP contribution in [0.25, 0.3) is 22.4 Å². The lowest BCUT2D eigenvalue weighted by atomic mass is 10.1. The highest BCUT2D eigenvalue weighted by atomic mass is 14.9. The zero-order chi connectivity index (χ0) is 14.8. The SMILES string of the molecule is Cc1nc(-c2ccc3ccccc3n2)nc(C)c1CCN. The first-order chi connectivity index (χ1) is 10.2. The van der Waals surface area contributed by atoms with Crippen LogP contribution in [-0.2, 0) is 6.42 Å². The lowest BCUT2D eigenvalue weighted by Gasteiger charge is -2.10. The predicted molar refractivity (Wildman–Crippen MR) is 85.0 cm³/mol. The summed E-state index contributed by atoms with van der Waals surface area (Å²) < 4.78 is 0. The molecule has 106 valence electrons. The summed E-state index contributed by atoms with van der Waals surface area (Å²) >= 11 is 0. The number of nitrogens with two attached hydrogens (primary N) is 1. The number of hydrogen-bond acceptors (Lipinski definition) is 4. The Balaban J connectivity index is 2.10. The minimum absolute atomic E-state index is 0.610. The summed E-state index contributed by atoms with van der Waals surface area (Å²) in [4.78, 5) is 13.9. The van der Waals surface area contributed by atoms with Crippen LogP contribution in [0.5, 0.6) is 0 Å². The van der Waals surface area contributed by atoms with E-state index in [4.69, 9.17) is 5.73 Å². The molecule has 0 saturated carbocycles. The van der Waals surface area contributed by atoms with E-state index < -0.39 is 0 Å². The lowest BCUT2D eigenvalue weighted by Crippen LogP contribution is -2.09. The van der Waals surface area contributed by atoms with Crippen LogP contribution in [0.4, 0.5) is 0 Å². The number of para-hydroxylation sites is 1. The predicted octanol–water partition coefficient (Wildman–Crippen LogP) is 2.81. The second-order valence-electron chi connectivity index (χ2n) is 5.12. The van der Waals surface area contributed by atoms with Crippen molar-refractivity contribution in [1.29, 1.82) is 0 Å². The van der Waals surface area contributed by atoms with E-state index in [0.717, 1.165) is 40.0 Å². The standard InChI is InChI=1S/C17H18N4/c1-11-14(9-10-18)12(2)20-17(19-11)16-8-7-13-5-3-4-6-15(13)21-16/h3-8H,9-10,18H2,1-2H3. The van der Waals surface area contributed by atoms with E-state index in [2.05, 4.69) is 21.0 Å². The molecule has 0 bridgehead atoms. The molecule has 3 aromatic rings. The maximum absolute atomic E-state index is 5.64. The second kappa shape index (κ2) is 5.58. The van der Waals surface area contributed by atoms with Gasteiger partial charge in [0.05, 0.1) is 5.52 Å². The monoisotopic (exact) mass is 278 g/mol. The first-order valence-corrected chi connectivity index (χ1v) is 7.09. The van der Waals surface area contributed by atoms with Crippen molar-refractivity contribution in [2.45, 2.75) is 20.3 Å². The van der Waals surface area contributed by atoms with Gasteiger partial charge in [0.15, 0.2) is 5.82 Å². The van der Waals surface area contributed by atoms with Crippen molar-refractivity contribution in [1.82, 2.24) is 15.0 Å². The van der Waals surface area contributed by atoms with Crippen molar-refractivity contribution in [3.63, 3.8) is 0 Å². The van der Waals surface area contributed by atoms with Crippen LogP contribution in [0.1, 0.15) is 17.0 Å². The Kier molecular flexibility index (Phi) is 3.62. The van der Waals surface area contributed by atoms with Gasteiger partial charge in [0.2, 0.25) is 0 Å². The number of aryl methyl sites for hydroxylation is 2. The Morgan fingerprint density at radius 3 is 2.33 bits per heavy atom. The Morgan fingerprint density at radius 1 is 0.905 bits per heavy atom. The molecule has 0 aliphatic heterocycles. The molecular weight excluding hydrogens is 260 g/mol. The second-order valence-corrected chi connectivity index (χ2v) is 5.12. The van der Waals surface area contributed by atoms with Crippen LogP contribution in [0.3, 0.4) is 0 Å². The first-order valence-electron chi connectivity index (χ1n) is 7.09. The van der Waals surface area contributed by atoms with E-state index in [-0.39, 0.29) is 0 Å². The summed E-state index contributed by atoms with van der Waals surface area (Å²) in [5.74, 6) is 0.677. The lowest BCUT2D eigenvalue weighted by molar-refractivity contribution is 0.897. The highest BCUT2D eigenvalue weighted by Crippen LogP contribution is 2.20. The third kappa shape index (κ3) is 2.62. The zero-order valence-corrected chi connectivity index (χ0v) is 12.3. The number of aromatic nitrogens is 3. The van der Waals surface area contributed by atoms with Gasteiger partial charge in [0, 0.05) is 16.8 Å². The Bertz CT molecular complexity index is 773. The minimum atomic E-state index is 0.610. The number of benzene rings is 1. The molecule has 0 fully saturated rings. The number of pyridine rings is 1. The number of nitrogens with zero attached hydrogens (tertiary/aromatic N) is 3. The van der Waals surface area contributed by atoms with E-state index in [1.54, 1.807) is 0 Å². The maximum Gasteiger partial charge on any atom is 0.178 e. The van der Waals surface area contributed by atoms with Gasteiger partial charge in [-0.2, -0.15) is 0 Å². The normalized spacial score (nSPS) is 11.0. The van der Waals surface area contributed by atoms with Crippen molar-refractivity contribution in [2.24, 2.45) is 5.73 Å². The Labute approximate surface area is 124 Å². The average molecular weight is 278 g/mol.